The summed E-state index contributed by atoms with van der Waals surface area (Å²) in [6, 6.07) is 5.03. The minimum Gasteiger partial charge on any atom is -0.378 e. The number of aromatic nitrogens is 1. The summed E-state index contributed by atoms with van der Waals surface area (Å²) in [6.45, 7) is 8.83. The summed E-state index contributed by atoms with van der Waals surface area (Å²) < 4.78 is 5.31. The first-order valence-corrected chi connectivity index (χ1v) is 7.29. The maximum Gasteiger partial charge on any atom is 0.128 e. The Balaban J connectivity index is 1.41. The van der Waals surface area contributed by atoms with E-state index in [9.17, 15) is 0 Å². The average molecular weight is 259 g/mol. The Kier molecular flexibility index (Phi) is 2.74. The maximum atomic E-state index is 5.31. The summed E-state index contributed by atoms with van der Waals surface area (Å²) in [4.78, 5) is 9.66. The first-order valence-electron chi connectivity index (χ1n) is 7.29. The molecule has 1 aromatic heterocycles. The van der Waals surface area contributed by atoms with Gasteiger partial charge in [0.1, 0.15) is 5.82 Å². The van der Waals surface area contributed by atoms with Crippen LogP contribution in [0.3, 0.4) is 0 Å². The van der Waals surface area contributed by atoms with Crippen LogP contribution in [-0.4, -0.2) is 55.3 Å². The summed E-state index contributed by atoms with van der Waals surface area (Å²) in [7, 11) is 0. The molecule has 3 fully saturated rings. The van der Waals surface area contributed by atoms with Crippen LogP contribution in [0.2, 0.25) is 0 Å². The smallest absolute Gasteiger partial charge is 0.128 e. The molecule has 3 aliphatic rings. The summed E-state index contributed by atoms with van der Waals surface area (Å²) in [5.74, 6) is 2.80. The second kappa shape index (κ2) is 4.46. The molecule has 1 aromatic rings. The number of hydrogen-bond acceptors (Lipinski definition) is 4. The predicted octanol–water partition coefficient (Wildman–Crippen LogP) is 1.16. The highest BCUT2D eigenvalue weighted by atomic mass is 16.5. The van der Waals surface area contributed by atoms with Crippen molar-refractivity contribution >= 4 is 5.82 Å². The molecule has 0 aromatic carbocycles. The second-order valence-corrected chi connectivity index (χ2v) is 6.26. The van der Waals surface area contributed by atoms with Crippen LogP contribution in [0, 0.1) is 18.8 Å². The van der Waals surface area contributed by atoms with Crippen molar-refractivity contribution in [1.82, 2.24) is 9.88 Å². The second-order valence-electron chi connectivity index (χ2n) is 6.26. The molecule has 4 heteroatoms. The van der Waals surface area contributed by atoms with Gasteiger partial charge in [0.2, 0.25) is 0 Å². The molecule has 4 nitrogen and oxygen atoms in total. The van der Waals surface area contributed by atoms with Crippen LogP contribution in [0.5, 0.6) is 0 Å². The average Bonchev–Trinajstić information content (AvgIpc) is 2.85. The van der Waals surface area contributed by atoms with Gasteiger partial charge in [-0.15, -0.1) is 0 Å². The molecule has 0 bridgehead atoms. The topological polar surface area (TPSA) is 28.6 Å². The number of likely N-dealkylation sites (tertiary alicyclic amines) is 1. The number of anilines is 1. The Morgan fingerprint density at radius 2 is 1.84 bits per heavy atom. The molecule has 3 saturated heterocycles. The number of ether oxygens (including phenoxy) is 1. The van der Waals surface area contributed by atoms with Gasteiger partial charge in [-0.3, -0.25) is 4.90 Å². The van der Waals surface area contributed by atoms with Gasteiger partial charge in [0.05, 0.1) is 19.3 Å². The van der Waals surface area contributed by atoms with Gasteiger partial charge in [-0.25, -0.2) is 4.98 Å². The van der Waals surface area contributed by atoms with Crippen LogP contribution < -0.4 is 4.90 Å². The number of rotatable bonds is 2. The van der Waals surface area contributed by atoms with Gasteiger partial charge in [0.25, 0.3) is 0 Å². The normalized spacial score (nSPS) is 31.5. The number of pyridine rings is 1. The van der Waals surface area contributed by atoms with E-state index in [1.165, 1.54) is 31.7 Å². The molecule has 0 amide bonds. The lowest BCUT2D eigenvalue weighted by molar-refractivity contribution is -0.0590. The zero-order valence-electron chi connectivity index (χ0n) is 11.5. The molecule has 102 valence electrons. The van der Waals surface area contributed by atoms with Gasteiger partial charge in [0.15, 0.2) is 0 Å². The molecule has 3 aliphatic heterocycles. The Morgan fingerprint density at radius 1 is 1.11 bits per heavy atom. The number of hydrogen-bond donors (Lipinski definition) is 0. The zero-order valence-corrected chi connectivity index (χ0v) is 11.5. The molecule has 2 unspecified atom stereocenters. The van der Waals surface area contributed by atoms with Crippen molar-refractivity contribution in [2.24, 2.45) is 11.8 Å². The van der Waals surface area contributed by atoms with Gasteiger partial charge >= 0.3 is 0 Å². The van der Waals surface area contributed by atoms with Crippen LogP contribution in [0.25, 0.3) is 0 Å². The van der Waals surface area contributed by atoms with Crippen LogP contribution in [0.1, 0.15) is 5.56 Å². The van der Waals surface area contributed by atoms with Crippen molar-refractivity contribution in [1.29, 1.82) is 0 Å². The van der Waals surface area contributed by atoms with Gasteiger partial charge < -0.3 is 9.64 Å². The summed E-state index contributed by atoms with van der Waals surface area (Å²) in [5.41, 5.74) is 1.24. The lowest BCUT2D eigenvalue weighted by Crippen LogP contribution is -2.48. The van der Waals surface area contributed by atoms with Gasteiger partial charge in [-0.05, 0) is 30.4 Å². The number of nitrogens with zero attached hydrogens (tertiary/aromatic N) is 3. The van der Waals surface area contributed by atoms with Crippen LogP contribution in [-0.2, 0) is 4.74 Å². The zero-order chi connectivity index (χ0) is 12.8. The third-order valence-electron chi connectivity index (χ3n) is 4.87. The Morgan fingerprint density at radius 3 is 2.37 bits per heavy atom. The van der Waals surface area contributed by atoms with Crippen molar-refractivity contribution in [2.45, 2.75) is 13.0 Å². The predicted molar refractivity (Wildman–Crippen MR) is 74.3 cm³/mol. The fourth-order valence-corrected chi connectivity index (χ4v) is 3.60. The standard InChI is InChI=1S/C15H21N3O/c1-11-2-3-15(16-4-11)18-7-12-5-17(6-13(12)8-18)14-9-19-10-14/h2-4,12-14H,5-10H2,1H3. The molecular formula is C15H21N3O. The lowest BCUT2D eigenvalue weighted by Gasteiger charge is -2.35. The van der Waals surface area contributed by atoms with E-state index < -0.39 is 0 Å². The molecule has 2 atom stereocenters. The Bertz CT molecular complexity index is 443. The van der Waals surface area contributed by atoms with Crippen molar-refractivity contribution in [3.63, 3.8) is 0 Å². The van der Waals surface area contributed by atoms with Gasteiger partial charge in [-0.2, -0.15) is 0 Å². The molecule has 0 spiro atoms. The van der Waals surface area contributed by atoms with E-state index in [2.05, 4.69) is 33.8 Å². The number of fused-ring (bicyclic) bond motifs is 1. The SMILES string of the molecule is Cc1ccc(N2CC3CN(C4COC4)CC3C2)nc1. The molecular weight excluding hydrogens is 238 g/mol. The highest BCUT2D eigenvalue weighted by molar-refractivity contribution is 5.41. The quantitative estimate of drug-likeness (QED) is 0.797. The van der Waals surface area contributed by atoms with Crippen molar-refractivity contribution < 1.29 is 4.74 Å². The Labute approximate surface area is 114 Å². The highest BCUT2D eigenvalue weighted by Gasteiger charge is 2.43. The molecule has 4 rings (SSSR count). The van der Waals surface area contributed by atoms with E-state index in [1.54, 1.807) is 0 Å². The van der Waals surface area contributed by atoms with Gasteiger partial charge in [-0.1, -0.05) is 6.07 Å². The summed E-state index contributed by atoms with van der Waals surface area (Å²) in [5, 5.41) is 0. The Hall–Kier alpha value is -1.13. The largest absolute Gasteiger partial charge is 0.378 e. The van der Waals surface area contributed by atoms with E-state index in [-0.39, 0.29) is 0 Å². The first-order chi connectivity index (χ1) is 9.29. The van der Waals surface area contributed by atoms with Crippen molar-refractivity contribution in [2.75, 3.05) is 44.3 Å². The van der Waals surface area contributed by atoms with E-state index in [4.69, 9.17) is 4.74 Å². The van der Waals surface area contributed by atoms with E-state index in [0.29, 0.717) is 6.04 Å². The first kappa shape index (κ1) is 11.7. The highest BCUT2D eigenvalue weighted by Crippen LogP contribution is 2.34. The van der Waals surface area contributed by atoms with Crippen molar-refractivity contribution in [3.05, 3.63) is 23.9 Å². The summed E-state index contributed by atoms with van der Waals surface area (Å²) >= 11 is 0. The molecule has 0 saturated carbocycles. The number of aryl methyl sites for hydroxylation is 1. The monoisotopic (exact) mass is 259 g/mol. The van der Waals surface area contributed by atoms with Crippen LogP contribution in [0.15, 0.2) is 18.3 Å². The molecule has 0 aliphatic carbocycles. The van der Waals surface area contributed by atoms with E-state index in [0.717, 1.165) is 30.9 Å². The summed E-state index contributed by atoms with van der Waals surface area (Å²) in [6.07, 6.45) is 1.97. The van der Waals surface area contributed by atoms with Crippen LogP contribution in [0.4, 0.5) is 5.82 Å². The third kappa shape index (κ3) is 2.03. The fourth-order valence-electron chi connectivity index (χ4n) is 3.60. The maximum absolute atomic E-state index is 5.31. The molecule has 4 heterocycles. The van der Waals surface area contributed by atoms with Crippen molar-refractivity contribution in [3.8, 4) is 0 Å². The molecule has 0 radical (unpaired) electrons. The molecule has 0 N–H and O–H groups in total. The minimum atomic E-state index is 0.705. The fraction of sp³-hybridized carbons (Fsp3) is 0.667. The van der Waals surface area contributed by atoms with Gasteiger partial charge in [0, 0.05) is 32.4 Å². The van der Waals surface area contributed by atoms with E-state index >= 15 is 0 Å². The lowest BCUT2D eigenvalue weighted by atomic mass is 10.0. The van der Waals surface area contributed by atoms with E-state index in [1.807, 2.05) is 6.20 Å². The van der Waals surface area contributed by atoms with Crippen LogP contribution >= 0.6 is 0 Å². The molecule has 19 heavy (non-hydrogen) atoms. The third-order valence-corrected chi connectivity index (χ3v) is 4.87. The minimum absolute atomic E-state index is 0.705.